The average Bonchev–Trinajstić information content (AvgIpc) is 1.54. The van der Waals surface area contributed by atoms with Gasteiger partial charge in [0.25, 0.3) is 11.9 Å². The number of carbonyl (C=O) groups is 3. The van der Waals surface area contributed by atoms with Gasteiger partial charge in [-0.25, -0.2) is 0 Å². The third-order valence-electron chi connectivity index (χ3n) is 0. The maximum atomic E-state index is 9.00. The van der Waals surface area contributed by atoms with Gasteiger partial charge in [0.15, 0.2) is 0 Å². The van der Waals surface area contributed by atoms with Crippen molar-refractivity contribution < 1.29 is 76.3 Å². The van der Waals surface area contributed by atoms with E-state index >= 15 is 0 Å². The van der Waals surface area contributed by atoms with Crippen LogP contribution < -0.4 is 34.7 Å². The minimum absolute atomic E-state index is 0. The molecule has 0 aliphatic heterocycles. The standard InChI is InChI=1S/3C2H4O2.Fe.Na/c3*1-2(3)4;;/h3*1H3,(H,3,4);;/q;;;;+1/p-1. The van der Waals surface area contributed by atoms with Gasteiger partial charge in [-0.15, -0.1) is 0 Å². The number of carboxylic acids is 3. The van der Waals surface area contributed by atoms with E-state index in [1.807, 2.05) is 0 Å². The molecule has 0 spiro atoms. The number of hydrogen-bond donors (Lipinski definition) is 2. The van der Waals surface area contributed by atoms with Crippen LogP contribution in [0.3, 0.4) is 0 Å². The summed E-state index contributed by atoms with van der Waals surface area (Å²) in [6.45, 7) is 3.14. The Hall–Kier alpha value is -0.0705. The minimum atomic E-state index is -1.08. The van der Waals surface area contributed by atoms with Gasteiger partial charge >= 0.3 is 29.6 Å². The van der Waals surface area contributed by atoms with E-state index in [1.165, 1.54) is 0 Å². The molecule has 0 aromatic rings. The van der Waals surface area contributed by atoms with Crippen molar-refractivity contribution in [1.29, 1.82) is 0 Å². The molecule has 8 heteroatoms. The van der Waals surface area contributed by atoms with Gasteiger partial charge in [0.2, 0.25) is 0 Å². The third kappa shape index (κ3) is 287000. The molecule has 0 unspecified atom stereocenters. The molecule has 0 radical (unpaired) electrons. The summed E-state index contributed by atoms with van der Waals surface area (Å²) in [6, 6.07) is 0. The molecular formula is C6H11FeNaO6. The van der Waals surface area contributed by atoms with Gasteiger partial charge in [-0.1, -0.05) is 0 Å². The normalized spacial score (nSPS) is 5.36. The molecule has 0 saturated heterocycles. The molecule has 0 aromatic heterocycles. The van der Waals surface area contributed by atoms with Crippen molar-refractivity contribution in [2.24, 2.45) is 0 Å². The van der Waals surface area contributed by atoms with Crippen molar-refractivity contribution in [3.05, 3.63) is 0 Å². The first-order valence-corrected chi connectivity index (χ1v) is 2.76. The van der Waals surface area contributed by atoms with Gasteiger partial charge < -0.3 is 20.1 Å². The summed E-state index contributed by atoms with van der Waals surface area (Å²) in [5.74, 6) is -2.75. The zero-order chi connectivity index (χ0) is 10.7. The predicted octanol–water partition coefficient (Wildman–Crippen LogP) is -4.06. The summed E-state index contributed by atoms with van der Waals surface area (Å²) in [6.07, 6.45) is 0. The largest absolute Gasteiger partial charge is 1.00 e. The fourth-order valence-corrected chi connectivity index (χ4v) is 0. The SMILES string of the molecule is CC(=O)O.CC(=O)O.CC(=O)[O-].[Fe].[Na+]. The van der Waals surface area contributed by atoms with Gasteiger partial charge in [0.05, 0.1) is 0 Å². The van der Waals surface area contributed by atoms with E-state index in [-0.39, 0.29) is 46.6 Å². The van der Waals surface area contributed by atoms with E-state index in [2.05, 4.69) is 0 Å². The van der Waals surface area contributed by atoms with E-state index in [9.17, 15) is 0 Å². The summed E-state index contributed by atoms with van der Waals surface area (Å²) in [5, 5.41) is 23.7. The molecule has 0 heterocycles. The van der Waals surface area contributed by atoms with Crippen LogP contribution in [0.5, 0.6) is 0 Å². The monoisotopic (exact) mass is 258 g/mol. The Kier molecular flexibility index (Phi) is 48.1. The summed E-state index contributed by atoms with van der Waals surface area (Å²) in [5.41, 5.74) is 0. The number of hydrogen-bond acceptors (Lipinski definition) is 4. The molecule has 80 valence electrons. The topological polar surface area (TPSA) is 115 Å². The molecule has 0 rings (SSSR count). The van der Waals surface area contributed by atoms with Gasteiger partial charge in [-0.05, 0) is 6.92 Å². The number of carbonyl (C=O) groups excluding carboxylic acids is 1. The first-order valence-electron chi connectivity index (χ1n) is 2.76. The van der Waals surface area contributed by atoms with Gasteiger partial charge in [-0.3, -0.25) is 9.59 Å². The Bertz CT molecular complexity index is 120. The Morgan fingerprint density at radius 1 is 0.929 bits per heavy atom. The van der Waals surface area contributed by atoms with E-state index in [0.29, 0.717) is 0 Å². The van der Waals surface area contributed by atoms with E-state index in [4.69, 9.17) is 29.7 Å². The molecule has 0 aromatic carbocycles. The Morgan fingerprint density at radius 2 is 0.929 bits per heavy atom. The molecule has 0 fully saturated rings. The van der Waals surface area contributed by atoms with Gasteiger partial charge in [-0.2, -0.15) is 0 Å². The van der Waals surface area contributed by atoms with Crippen LogP contribution in [0.25, 0.3) is 0 Å². The summed E-state index contributed by atoms with van der Waals surface area (Å²) in [7, 11) is 0. The van der Waals surface area contributed by atoms with Crippen LogP contribution in [-0.4, -0.2) is 28.1 Å². The fraction of sp³-hybridized carbons (Fsp3) is 0.500. The number of aliphatic carboxylic acids is 3. The second-order valence-electron chi connectivity index (χ2n) is 1.53. The Balaban J connectivity index is -0.0000000270. The molecule has 0 amide bonds. The summed E-state index contributed by atoms with van der Waals surface area (Å²) >= 11 is 0. The zero-order valence-corrected chi connectivity index (χ0v) is 11.5. The van der Waals surface area contributed by atoms with Crippen LogP contribution in [-0.2, 0) is 31.5 Å². The fourth-order valence-electron chi connectivity index (χ4n) is 0. The molecule has 0 atom stereocenters. The second-order valence-corrected chi connectivity index (χ2v) is 1.53. The van der Waals surface area contributed by atoms with E-state index < -0.39 is 17.9 Å². The van der Waals surface area contributed by atoms with Crippen molar-refractivity contribution >= 4 is 17.9 Å². The summed E-state index contributed by atoms with van der Waals surface area (Å²) < 4.78 is 0. The predicted molar refractivity (Wildman–Crippen MR) is 37.3 cm³/mol. The average molecular weight is 258 g/mol. The van der Waals surface area contributed by atoms with Crippen LogP contribution in [0.1, 0.15) is 20.8 Å². The molecule has 0 aliphatic rings. The molecule has 0 saturated carbocycles. The smallest absolute Gasteiger partial charge is 0.550 e. The zero-order valence-electron chi connectivity index (χ0n) is 8.38. The van der Waals surface area contributed by atoms with Crippen LogP contribution in [0.15, 0.2) is 0 Å². The first kappa shape index (κ1) is 29.2. The molecule has 0 aliphatic carbocycles. The van der Waals surface area contributed by atoms with Crippen molar-refractivity contribution in [3.63, 3.8) is 0 Å². The van der Waals surface area contributed by atoms with Gasteiger partial charge in [0, 0.05) is 36.9 Å². The molecule has 14 heavy (non-hydrogen) atoms. The molecule has 2 N–H and O–H groups in total. The molecule has 0 bridgehead atoms. The van der Waals surface area contributed by atoms with Crippen molar-refractivity contribution in [2.75, 3.05) is 0 Å². The number of rotatable bonds is 0. The van der Waals surface area contributed by atoms with E-state index in [0.717, 1.165) is 20.8 Å². The Morgan fingerprint density at radius 3 is 0.929 bits per heavy atom. The molecular weight excluding hydrogens is 247 g/mol. The maximum absolute atomic E-state index is 9.00. The van der Waals surface area contributed by atoms with Crippen molar-refractivity contribution in [1.82, 2.24) is 0 Å². The van der Waals surface area contributed by atoms with Gasteiger partial charge in [0.1, 0.15) is 0 Å². The maximum Gasteiger partial charge on any atom is 1.00 e. The summed E-state index contributed by atoms with van der Waals surface area (Å²) in [4.78, 5) is 26.9. The van der Waals surface area contributed by atoms with E-state index in [1.54, 1.807) is 0 Å². The van der Waals surface area contributed by atoms with Crippen LogP contribution in [0.2, 0.25) is 0 Å². The van der Waals surface area contributed by atoms with Crippen molar-refractivity contribution in [2.45, 2.75) is 20.8 Å². The number of carboxylic acid groups (broad SMARTS) is 3. The Labute approximate surface area is 114 Å². The third-order valence-corrected chi connectivity index (χ3v) is 0. The van der Waals surface area contributed by atoms with Crippen LogP contribution in [0.4, 0.5) is 0 Å². The first-order chi connectivity index (χ1) is 5.20. The quantitative estimate of drug-likeness (QED) is 0.427. The van der Waals surface area contributed by atoms with Crippen molar-refractivity contribution in [3.8, 4) is 0 Å². The second kappa shape index (κ2) is 23.1. The van der Waals surface area contributed by atoms with Crippen LogP contribution in [0, 0.1) is 0 Å². The molecule has 6 nitrogen and oxygen atoms in total. The van der Waals surface area contributed by atoms with Crippen LogP contribution >= 0.6 is 0 Å². The minimum Gasteiger partial charge on any atom is -0.550 e.